The van der Waals surface area contributed by atoms with Crippen LogP contribution in [-0.2, 0) is 15.8 Å². The highest BCUT2D eigenvalue weighted by atomic mass is 19.4. The molecule has 7 heteroatoms. The first kappa shape index (κ1) is 17.5. The monoisotopic (exact) mass is 336 g/mol. The van der Waals surface area contributed by atoms with Gasteiger partial charge >= 0.3 is 18.0 Å². The van der Waals surface area contributed by atoms with Gasteiger partial charge < -0.3 is 10.6 Å². The zero-order valence-corrected chi connectivity index (χ0v) is 13.0. The van der Waals surface area contributed by atoms with Crippen molar-refractivity contribution >= 4 is 23.2 Å². The molecule has 0 unspecified atom stereocenters. The quantitative estimate of drug-likeness (QED) is 0.817. The van der Waals surface area contributed by atoms with Gasteiger partial charge in [-0.3, -0.25) is 9.59 Å². The maximum absolute atomic E-state index is 12.6. The second kappa shape index (κ2) is 6.74. The van der Waals surface area contributed by atoms with Crippen molar-refractivity contribution in [2.75, 3.05) is 10.6 Å². The van der Waals surface area contributed by atoms with Crippen molar-refractivity contribution in [2.45, 2.75) is 20.0 Å². The van der Waals surface area contributed by atoms with Crippen molar-refractivity contribution in [3.05, 3.63) is 59.2 Å². The molecule has 0 heterocycles. The van der Waals surface area contributed by atoms with Gasteiger partial charge in [-0.15, -0.1) is 0 Å². The van der Waals surface area contributed by atoms with E-state index in [9.17, 15) is 22.8 Å². The third kappa shape index (κ3) is 4.13. The average molecular weight is 336 g/mol. The largest absolute Gasteiger partial charge is 0.416 e. The van der Waals surface area contributed by atoms with E-state index in [-0.39, 0.29) is 5.69 Å². The number of anilines is 2. The lowest BCUT2D eigenvalue weighted by Gasteiger charge is -2.11. The van der Waals surface area contributed by atoms with Crippen molar-refractivity contribution < 1.29 is 22.8 Å². The van der Waals surface area contributed by atoms with E-state index in [1.807, 2.05) is 13.0 Å². The van der Waals surface area contributed by atoms with E-state index >= 15 is 0 Å². The first-order valence-corrected chi connectivity index (χ1v) is 7.04. The van der Waals surface area contributed by atoms with Gasteiger partial charge in [0.25, 0.3) is 0 Å². The van der Waals surface area contributed by atoms with Crippen LogP contribution in [0.2, 0.25) is 0 Å². The van der Waals surface area contributed by atoms with Crippen molar-refractivity contribution in [3.63, 3.8) is 0 Å². The molecule has 24 heavy (non-hydrogen) atoms. The number of rotatable bonds is 2. The first-order valence-electron chi connectivity index (χ1n) is 7.04. The molecular formula is C17H15F3N2O2. The standard InChI is InChI=1S/C17H15F3N2O2/c1-10-5-3-8-14(11(10)2)22-16(24)15(23)21-13-7-4-6-12(9-13)17(18,19)20/h3-9H,1-2H3,(H,21,23)(H,22,24). The summed E-state index contributed by atoms with van der Waals surface area (Å²) >= 11 is 0. The molecule has 0 aliphatic rings. The Kier molecular flexibility index (Phi) is 4.92. The van der Waals surface area contributed by atoms with Gasteiger partial charge in [-0.05, 0) is 49.2 Å². The zero-order valence-electron chi connectivity index (χ0n) is 13.0. The summed E-state index contributed by atoms with van der Waals surface area (Å²) in [6, 6.07) is 9.29. The van der Waals surface area contributed by atoms with Gasteiger partial charge in [0.05, 0.1) is 5.56 Å². The fraction of sp³-hybridized carbons (Fsp3) is 0.176. The molecule has 2 amide bonds. The van der Waals surface area contributed by atoms with E-state index < -0.39 is 23.6 Å². The molecule has 0 bridgehead atoms. The summed E-state index contributed by atoms with van der Waals surface area (Å²) < 4.78 is 37.9. The van der Waals surface area contributed by atoms with Gasteiger partial charge in [0.1, 0.15) is 0 Å². The summed E-state index contributed by atoms with van der Waals surface area (Å²) in [5.74, 6) is -2.00. The smallest absolute Gasteiger partial charge is 0.318 e. The molecule has 0 aliphatic carbocycles. The molecule has 0 spiro atoms. The SMILES string of the molecule is Cc1cccc(NC(=O)C(=O)Nc2cccc(C(F)(F)F)c2)c1C. The highest BCUT2D eigenvalue weighted by molar-refractivity contribution is 6.43. The van der Waals surface area contributed by atoms with Crippen molar-refractivity contribution in [1.29, 1.82) is 0 Å². The van der Waals surface area contributed by atoms with Gasteiger partial charge in [0.2, 0.25) is 0 Å². The summed E-state index contributed by atoms with van der Waals surface area (Å²) in [5, 5.41) is 4.60. The predicted molar refractivity (Wildman–Crippen MR) is 84.6 cm³/mol. The summed E-state index contributed by atoms with van der Waals surface area (Å²) in [5.41, 5.74) is 1.20. The highest BCUT2D eigenvalue weighted by Gasteiger charge is 2.30. The summed E-state index contributed by atoms with van der Waals surface area (Å²) in [4.78, 5) is 23.8. The Balaban J connectivity index is 2.10. The molecular weight excluding hydrogens is 321 g/mol. The van der Waals surface area contributed by atoms with Gasteiger partial charge in [0.15, 0.2) is 0 Å². The molecule has 126 valence electrons. The van der Waals surface area contributed by atoms with Gasteiger partial charge in [-0.25, -0.2) is 0 Å². The van der Waals surface area contributed by atoms with Crippen LogP contribution in [0.5, 0.6) is 0 Å². The Labute approximate surface area is 136 Å². The van der Waals surface area contributed by atoms with Crippen molar-refractivity contribution in [2.24, 2.45) is 0 Å². The number of alkyl halides is 3. The van der Waals surface area contributed by atoms with E-state index in [1.54, 1.807) is 19.1 Å². The van der Waals surface area contributed by atoms with E-state index in [1.165, 1.54) is 6.07 Å². The number of nitrogens with one attached hydrogen (secondary N) is 2. The molecule has 0 fully saturated rings. The molecule has 0 aliphatic heterocycles. The molecule has 2 aromatic rings. The Bertz CT molecular complexity index is 786. The van der Waals surface area contributed by atoms with Crippen LogP contribution < -0.4 is 10.6 Å². The molecule has 4 nitrogen and oxygen atoms in total. The molecule has 2 N–H and O–H groups in total. The van der Waals surface area contributed by atoms with Crippen molar-refractivity contribution in [3.8, 4) is 0 Å². The van der Waals surface area contributed by atoms with Gasteiger partial charge in [0, 0.05) is 11.4 Å². The van der Waals surface area contributed by atoms with Crippen LogP contribution in [-0.4, -0.2) is 11.8 Å². The number of aryl methyl sites for hydroxylation is 1. The lowest BCUT2D eigenvalue weighted by atomic mass is 10.1. The van der Waals surface area contributed by atoms with Crippen LogP contribution >= 0.6 is 0 Å². The third-order valence-corrected chi connectivity index (χ3v) is 3.51. The molecule has 2 rings (SSSR count). The summed E-state index contributed by atoms with van der Waals surface area (Å²) in [6.45, 7) is 3.64. The van der Waals surface area contributed by atoms with Crippen LogP contribution in [0.1, 0.15) is 16.7 Å². The van der Waals surface area contributed by atoms with E-state index in [4.69, 9.17) is 0 Å². The average Bonchev–Trinajstić information content (AvgIpc) is 2.51. The van der Waals surface area contributed by atoms with Crippen molar-refractivity contribution in [1.82, 2.24) is 0 Å². The molecule has 0 atom stereocenters. The van der Waals surface area contributed by atoms with Crippen LogP contribution in [0.4, 0.5) is 24.5 Å². The topological polar surface area (TPSA) is 58.2 Å². The minimum Gasteiger partial charge on any atom is -0.318 e. The predicted octanol–water partition coefficient (Wildman–Crippen LogP) is 3.90. The maximum atomic E-state index is 12.6. The number of amides is 2. The fourth-order valence-electron chi connectivity index (χ4n) is 2.03. The maximum Gasteiger partial charge on any atom is 0.416 e. The second-order valence-electron chi connectivity index (χ2n) is 5.23. The molecule has 0 radical (unpaired) electrons. The van der Waals surface area contributed by atoms with Crippen LogP contribution in [0.25, 0.3) is 0 Å². The lowest BCUT2D eigenvalue weighted by Crippen LogP contribution is -2.29. The number of hydrogen-bond acceptors (Lipinski definition) is 2. The molecule has 0 saturated heterocycles. The number of carbonyl (C=O) groups excluding carboxylic acids is 2. The molecule has 0 aromatic heterocycles. The zero-order chi connectivity index (χ0) is 17.9. The van der Waals surface area contributed by atoms with Crippen LogP contribution in [0, 0.1) is 13.8 Å². The Hall–Kier alpha value is -2.83. The normalized spacial score (nSPS) is 11.0. The number of hydrogen-bond donors (Lipinski definition) is 2. The Morgan fingerprint density at radius 2 is 1.54 bits per heavy atom. The summed E-state index contributed by atoms with van der Waals surface area (Å²) in [7, 11) is 0. The summed E-state index contributed by atoms with van der Waals surface area (Å²) in [6.07, 6.45) is -4.53. The van der Waals surface area contributed by atoms with Crippen LogP contribution in [0.15, 0.2) is 42.5 Å². The Morgan fingerprint density at radius 1 is 0.917 bits per heavy atom. The second-order valence-corrected chi connectivity index (χ2v) is 5.23. The number of benzene rings is 2. The Morgan fingerprint density at radius 3 is 2.21 bits per heavy atom. The highest BCUT2D eigenvalue weighted by Crippen LogP contribution is 2.30. The van der Waals surface area contributed by atoms with Gasteiger partial charge in [-0.1, -0.05) is 18.2 Å². The van der Waals surface area contributed by atoms with E-state index in [0.717, 1.165) is 29.3 Å². The lowest BCUT2D eigenvalue weighted by molar-refractivity contribution is -0.137. The van der Waals surface area contributed by atoms with E-state index in [2.05, 4.69) is 10.6 Å². The third-order valence-electron chi connectivity index (χ3n) is 3.51. The molecule has 0 saturated carbocycles. The minimum atomic E-state index is -4.53. The number of carbonyl (C=O) groups is 2. The van der Waals surface area contributed by atoms with Crippen LogP contribution in [0.3, 0.4) is 0 Å². The van der Waals surface area contributed by atoms with Gasteiger partial charge in [-0.2, -0.15) is 13.2 Å². The first-order chi connectivity index (χ1) is 11.2. The van der Waals surface area contributed by atoms with E-state index in [0.29, 0.717) is 5.69 Å². The number of halogens is 3. The fourth-order valence-corrected chi connectivity index (χ4v) is 2.03. The minimum absolute atomic E-state index is 0.106. The molecule has 2 aromatic carbocycles.